The van der Waals surface area contributed by atoms with Crippen LogP contribution in [0.4, 0.5) is 5.95 Å². The number of piperidine rings is 1. The van der Waals surface area contributed by atoms with Gasteiger partial charge in [0.2, 0.25) is 5.95 Å². The van der Waals surface area contributed by atoms with Crippen molar-refractivity contribution in [2.24, 2.45) is 18.9 Å². The standard InChI is InChI=1S/C29H39N5O/c1-19-6-9-23(29(2,3)4)16-22(19)17-25-26-27(30-18-33(26)5)32-28(31-25)34-14-12-21(13-15-34)20-7-10-24(35)11-8-20/h6,9,16,18,20-21H,7-8,10-15,17H2,1-5H3. The molecule has 1 aromatic carbocycles. The van der Waals surface area contributed by atoms with Crippen molar-refractivity contribution in [3.05, 3.63) is 46.9 Å². The van der Waals surface area contributed by atoms with Gasteiger partial charge in [-0.1, -0.05) is 39.0 Å². The summed E-state index contributed by atoms with van der Waals surface area (Å²) >= 11 is 0. The number of hydrogen-bond donors (Lipinski definition) is 0. The largest absolute Gasteiger partial charge is 0.341 e. The Morgan fingerprint density at radius 2 is 1.69 bits per heavy atom. The number of rotatable bonds is 4. The third kappa shape index (κ3) is 4.98. The maximum absolute atomic E-state index is 11.7. The second-order valence-corrected chi connectivity index (χ2v) is 11.8. The molecule has 2 fully saturated rings. The molecule has 1 aliphatic carbocycles. The fourth-order valence-electron chi connectivity index (χ4n) is 5.90. The van der Waals surface area contributed by atoms with E-state index in [0.717, 1.165) is 86.8 Å². The molecule has 0 bridgehead atoms. The second-order valence-electron chi connectivity index (χ2n) is 11.8. The first-order chi connectivity index (χ1) is 16.7. The lowest BCUT2D eigenvalue weighted by atomic mass is 9.75. The fraction of sp³-hybridized carbons (Fsp3) is 0.586. The normalized spacial score (nSPS) is 18.5. The zero-order valence-corrected chi connectivity index (χ0v) is 22.0. The van der Waals surface area contributed by atoms with Crippen LogP contribution in [0.15, 0.2) is 24.5 Å². The number of carbonyl (C=O) groups excluding carboxylic acids is 1. The summed E-state index contributed by atoms with van der Waals surface area (Å²) in [5.41, 5.74) is 6.92. The van der Waals surface area contributed by atoms with Crippen LogP contribution >= 0.6 is 0 Å². The minimum atomic E-state index is 0.108. The van der Waals surface area contributed by atoms with E-state index in [4.69, 9.17) is 9.97 Å². The number of Topliss-reactive ketones (excluding diaryl/α,β-unsaturated/α-hetero) is 1. The molecule has 6 heteroatoms. The lowest BCUT2D eigenvalue weighted by molar-refractivity contribution is -0.121. The summed E-state index contributed by atoms with van der Waals surface area (Å²) in [6, 6.07) is 6.83. The van der Waals surface area contributed by atoms with E-state index < -0.39 is 0 Å². The number of benzene rings is 1. The molecule has 1 aliphatic heterocycles. The van der Waals surface area contributed by atoms with Crippen LogP contribution < -0.4 is 4.90 Å². The molecule has 0 N–H and O–H groups in total. The Bertz CT molecular complexity index is 1220. The van der Waals surface area contributed by atoms with Gasteiger partial charge in [0.1, 0.15) is 11.3 Å². The van der Waals surface area contributed by atoms with Crippen molar-refractivity contribution in [2.75, 3.05) is 18.0 Å². The monoisotopic (exact) mass is 473 g/mol. The van der Waals surface area contributed by atoms with Crippen molar-refractivity contribution in [1.82, 2.24) is 19.5 Å². The molecule has 0 amide bonds. The predicted octanol–water partition coefficient (Wildman–Crippen LogP) is 5.54. The topological polar surface area (TPSA) is 63.9 Å². The predicted molar refractivity (Wildman–Crippen MR) is 141 cm³/mol. The molecule has 35 heavy (non-hydrogen) atoms. The number of aryl methyl sites for hydroxylation is 2. The molecule has 0 atom stereocenters. The zero-order valence-electron chi connectivity index (χ0n) is 22.0. The summed E-state index contributed by atoms with van der Waals surface area (Å²) in [5.74, 6) is 2.70. The Balaban J connectivity index is 1.40. The van der Waals surface area contributed by atoms with Gasteiger partial charge in [0.15, 0.2) is 5.65 Å². The van der Waals surface area contributed by atoms with Gasteiger partial charge in [0, 0.05) is 39.4 Å². The average Bonchev–Trinajstić information content (AvgIpc) is 3.21. The Kier molecular flexibility index (Phi) is 6.41. The quantitative estimate of drug-likeness (QED) is 0.498. The van der Waals surface area contributed by atoms with E-state index in [2.05, 4.69) is 55.8 Å². The van der Waals surface area contributed by atoms with E-state index in [-0.39, 0.29) is 5.41 Å². The third-order valence-electron chi connectivity index (χ3n) is 8.28. The van der Waals surface area contributed by atoms with E-state index in [1.165, 1.54) is 16.7 Å². The first kappa shape index (κ1) is 24.0. The molecule has 6 nitrogen and oxygen atoms in total. The lowest BCUT2D eigenvalue weighted by Crippen LogP contribution is -2.38. The highest BCUT2D eigenvalue weighted by molar-refractivity contribution is 5.79. The van der Waals surface area contributed by atoms with Gasteiger partial charge < -0.3 is 9.47 Å². The first-order valence-electron chi connectivity index (χ1n) is 13.2. The van der Waals surface area contributed by atoms with Crippen LogP contribution in [-0.2, 0) is 23.7 Å². The number of anilines is 1. The molecule has 3 heterocycles. The van der Waals surface area contributed by atoms with E-state index in [1.807, 2.05) is 17.9 Å². The summed E-state index contributed by atoms with van der Waals surface area (Å²) < 4.78 is 2.05. The van der Waals surface area contributed by atoms with Gasteiger partial charge in [0.25, 0.3) is 0 Å². The highest BCUT2D eigenvalue weighted by atomic mass is 16.1. The van der Waals surface area contributed by atoms with Crippen molar-refractivity contribution in [1.29, 1.82) is 0 Å². The minimum Gasteiger partial charge on any atom is -0.341 e. The SMILES string of the molecule is Cc1ccc(C(C)(C)C)cc1Cc1nc(N2CCC(C3CCC(=O)CC3)CC2)nc2ncn(C)c12. The smallest absolute Gasteiger partial charge is 0.227 e. The van der Waals surface area contributed by atoms with Crippen molar-refractivity contribution >= 4 is 22.9 Å². The number of ketones is 1. The van der Waals surface area contributed by atoms with Crippen LogP contribution in [0.2, 0.25) is 0 Å². The van der Waals surface area contributed by atoms with Crippen LogP contribution in [0.25, 0.3) is 11.2 Å². The number of imidazole rings is 1. The molecule has 3 aromatic rings. The Morgan fingerprint density at radius 3 is 2.37 bits per heavy atom. The van der Waals surface area contributed by atoms with Gasteiger partial charge in [-0.3, -0.25) is 4.79 Å². The lowest BCUT2D eigenvalue weighted by Gasteiger charge is -2.37. The van der Waals surface area contributed by atoms with E-state index in [1.54, 1.807) is 0 Å². The summed E-state index contributed by atoms with van der Waals surface area (Å²) in [5, 5.41) is 0. The molecular formula is C29H39N5O. The van der Waals surface area contributed by atoms with Crippen molar-refractivity contribution in [3.8, 4) is 0 Å². The summed E-state index contributed by atoms with van der Waals surface area (Å²) in [4.78, 5) is 28.6. The Hall–Kier alpha value is -2.76. The zero-order chi connectivity index (χ0) is 24.7. The summed E-state index contributed by atoms with van der Waals surface area (Å²) in [6.07, 6.45) is 8.66. The maximum atomic E-state index is 11.7. The number of aromatic nitrogens is 4. The number of hydrogen-bond acceptors (Lipinski definition) is 5. The van der Waals surface area contributed by atoms with Gasteiger partial charge in [-0.15, -0.1) is 0 Å². The molecule has 1 saturated carbocycles. The first-order valence-corrected chi connectivity index (χ1v) is 13.2. The van der Waals surface area contributed by atoms with Gasteiger partial charge in [-0.2, -0.15) is 4.98 Å². The highest BCUT2D eigenvalue weighted by Crippen LogP contribution is 2.35. The maximum Gasteiger partial charge on any atom is 0.227 e. The average molecular weight is 474 g/mol. The Morgan fingerprint density at radius 1 is 1.00 bits per heavy atom. The molecule has 1 saturated heterocycles. The Labute approximate surface area is 209 Å². The molecule has 5 rings (SSSR count). The highest BCUT2D eigenvalue weighted by Gasteiger charge is 2.30. The molecular weight excluding hydrogens is 434 g/mol. The van der Waals surface area contributed by atoms with Crippen LogP contribution in [-0.4, -0.2) is 38.4 Å². The van der Waals surface area contributed by atoms with E-state index >= 15 is 0 Å². The second kappa shape index (κ2) is 9.36. The van der Waals surface area contributed by atoms with E-state index in [9.17, 15) is 4.79 Å². The summed E-state index contributed by atoms with van der Waals surface area (Å²) in [7, 11) is 2.03. The number of carbonyl (C=O) groups is 1. The van der Waals surface area contributed by atoms with E-state index in [0.29, 0.717) is 11.7 Å². The molecule has 2 aliphatic rings. The van der Waals surface area contributed by atoms with Crippen molar-refractivity contribution < 1.29 is 4.79 Å². The fourth-order valence-corrected chi connectivity index (χ4v) is 5.90. The van der Waals surface area contributed by atoms with Gasteiger partial charge in [-0.05, 0) is 66.5 Å². The molecule has 0 radical (unpaired) electrons. The van der Waals surface area contributed by atoms with Crippen LogP contribution in [0, 0.1) is 18.8 Å². The minimum absolute atomic E-state index is 0.108. The van der Waals surface area contributed by atoms with Crippen LogP contribution in [0.1, 0.15) is 81.7 Å². The van der Waals surface area contributed by atoms with Gasteiger partial charge in [0.05, 0.1) is 12.0 Å². The van der Waals surface area contributed by atoms with Crippen molar-refractivity contribution in [3.63, 3.8) is 0 Å². The summed E-state index contributed by atoms with van der Waals surface area (Å²) in [6.45, 7) is 10.9. The van der Waals surface area contributed by atoms with Crippen LogP contribution in [0.5, 0.6) is 0 Å². The van der Waals surface area contributed by atoms with Crippen LogP contribution in [0.3, 0.4) is 0 Å². The van der Waals surface area contributed by atoms with Crippen molar-refractivity contribution in [2.45, 2.75) is 78.1 Å². The van der Waals surface area contributed by atoms with Gasteiger partial charge >= 0.3 is 0 Å². The van der Waals surface area contributed by atoms with Gasteiger partial charge in [-0.25, -0.2) is 9.97 Å². The number of nitrogens with zero attached hydrogens (tertiary/aromatic N) is 5. The third-order valence-corrected chi connectivity index (χ3v) is 8.28. The molecule has 0 spiro atoms. The molecule has 2 aromatic heterocycles. The molecule has 186 valence electrons. The molecule has 0 unspecified atom stereocenters. The number of fused-ring (bicyclic) bond motifs is 1.